The number of hydrogen-bond donors (Lipinski definition) is 0. The van der Waals surface area contributed by atoms with Gasteiger partial charge in [0.05, 0.1) is 5.75 Å². The number of rotatable bonds is 6. The summed E-state index contributed by atoms with van der Waals surface area (Å²) in [5, 5.41) is 0.954. The molecule has 4 nitrogen and oxygen atoms in total. The zero-order valence-corrected chi connectivity index (χ0v) is 13.0. The number of hydrogen-bond acceptors (Lipinski definition) is 3. The van der Waals surface area contributed by atoms with Gasteiger partial charge in [0.1, 0.15) is 0 Å². The van der Waals surface area contributed by atoms with Crippen LogP contribution in [0.1, 0.15) is 26.2 Å². The Hall–Kier alpha value is 0.350. The molecule has 0 spiro atoms. The van der Waals surface area contributed by atoms with Crippen molar-refractivity contribution in [3.05, 3.63) is 0 Å². The third kappa shape index (κ3) is 5.24. The maximum Gasteiger partial charge on any atom is 0.214 e. The van der Waals surface area contributed by atoms with Gasteiger partial charge < -0.3 is 4.90 Å². The second-order valence-electron chi connectivity index (χ2n) is 4.45. The van der Waals surface area contributed by atoms with E-state index in [0.29, 0.717) is 18.8 Å². The summed E-state index contributed by atoms with van der Waals surface area (Å²) in [6, 6.07) is 0. The van der Waals surface area contributed by atoms with E-state index < -0.39 is 10.0 Å². The molecule has 1 aliphatic heterocycles. The fraction of sp³-hybridized carbons (Fsp3) is 1.00. The molecule has 0 atom stereocenters. The van der Waals surface area contributed by atoms with Crippen molar-refractivity contribution in [3.8, 4) is 0 Å². The lowest BCUT2D eigenvalue weighted by Crippen LogP contribution is -2.36. The highest BCUT2D eigenvalue weighted by Crippen LogP contribution is 2.10. The van der Waals surface area contributed by atoms with E-state index in [1.54, 1.807) is 4.31 Å². The van der Waals surface area contributed by atoms with Crippen LogP contribution in [0.3, 0.4) is 0 Å². The first-order valence-electron chi connectivity index (χ1n) is 6.36. The molecule has 0 aliphatic carbocycles. The van der Waals surface area contributed by atoms with Gasteiger partial charge in [0.25, 0.3) is 0 Å². The molecule has 0 radical (unpaired) electrons. The average Bonchev–Trinajstić information content (AvgIpc) is 2.53. The zero-order chi connectivity index (χ0) is 12.7. The average molecular weight is 327 g/mol. The molecule has 1 aliphatic rings. The minimum Gasteiger partial charge on any atom is -0.301 e. The van der Waals surface area contributed by atoms with Crippen molar-refractivity contribution in [2.45, 2.75) is 26.2 Å². The number of nitrogens with zero attached hydrogens (tertiary/aromatic N) is 2. The first-order valence-corrected chi connectivity index (χ1v) is 9.09. The summed E-state index contributed by atoms with van der Waals surface area (Å²) in [7, 11) is -3.01. The summed E-state index contributed by atoms with van der Waals surface area (Å²) in [5.74, 6) is 0.307. The summed E-state index contributed by atoms with van der Waals surface area (Å²) >= 11 is 3.43. The highest BCUT2D eigenvalue weighted by molar-refractivity contribution is 9.09. The van der Waals surface area contributed by atoms with Gasteiger partial charge in [-0.15, -0.1) is 0 Å². The Morgan fingerprint density at radius 3 is 2.59 bits per heavy atom. The Morgan fingerprint density at radius 2 is 1.94 bits per heavy atom. The van der Waals surface area contributed by atoms with Crippen LogP contribution in [0.4, 0.5) is 0 Å². The van der Waals surface area contributed by atoms with Crippen LogP contribution in [0.15, 0.2) is 0 Å². The molecular weight excluding hydrogens is 304 g/mol. The smallest absolute Gasteiger partial charge is 0.214 e. The normalized spacial score (nSPS) is 20.4. The van der Waals surface area contributed by atoms with Gasteiger partial charge in [0, 0.05) is 31.5 Å². The molecule has 0 N–H and O–H groups in total. The van der Waals surface area contributed by atoms with E-state index >= 15 is 0 Å². The molecule has 0 unspecified atom stereocenters. The molecule has 1 rings (SSSR count). The van der Waals surface area contributed by atoms with Crippen LogP contribution >= 0.6 is 15.9 Å². The maximum atomic E-state index is 12.1. The lowest BCUT2D eigenvalue weighted by Gasteiger charge is -2.21. The van der Waals surface area contributed by atoms with Crippen LogP contribution in [0.5, 0.6) is 0 Å². The van der Waals surface area contributed by atoms with Gasteiger partial charge in [0.15, 0.2) is 0 Å². The van der Waals surface area contributed by atoms with Gasteiger partial charge in [-0.05, 0) is 19.4 Å². The van der Waals surface area contributed by atoms with Crippen molar-refractivity contribution >= 4 is 26.0 Å². The minimum atomic E-state index is -3.01. The van der Waals surface area contributed by atoms with Crippen LogP contribution < -0.4 is 0 Å². The molecule has 0 aromatic rings. The Labute approximate surface area is 114 Å². The van der Waals surface area contributed by atoms with Crippen LogP contribution in [0, 0.1) is 0 Å². The van der Waals surface area contributed by atoms with Crippen LogP contribution in [0.25, 0.3) is 0 Å². The molecule has 1 saturated heterocycles. The van der Waals surface area contributed by atoms with E-state index in [9.17, 15) is 8.42 Å². The summed E-state index contributed by atoms with van der Waals surface area (Å²) in [5.41, 5.74) is 0. The lowest BCUT2D eigenvalue weighted by atomic mass is 10.4. The van der Waals surface area contributed by atoms with Gasteiger partial charge in [-0.25, -0.2) is 12.7 Å². The second kappa shape index (κ2) is 7.71. The molecular formula is C11H23BrN2O2S. The topological polar surface area (TPSA) is 40.6 Å². The van der Waals surface area contributed by atoms with Crippen molar-refractivity contribution in [1.82, 2.24) is 9.21 Å². The Balaban J connectivity index is 2.50. The first kappa shape index (κ1) is 15.4. The van der Waals surface area contributed by atoms with E-state index in [4.69, 9.17) is 0 Å². The first-order chi connectivity index (χ1) is 8.10. The SMILES string of the molecule is CCCCS(=O)(=O)N1CCCN(CCBr)CC1. The predicted molar refractivity (Wildman–Crippen MR) is 75.1 cm³/mol. The van der Waals surface area contributed by atoms with Gasteiger partial charge in [-0.2, -0.15) is 0 Å². The zero-order valence-electron chi connectivity index (χ0n) is 10.6. The highest BCUT2D eigenvalue weighted by Gasteiger charge is 2.24. The molecule has 102 valence electrons. The van der Waals surface area contributed by atoms with Gasteiger partial charge in [-0.1, -0.05) is 29.3 Å². The predicted octanol–water partition coefficient (Wildman–Crippen LogP) is 1.52. The van der Waals surface area contributed by atoms with Crippen molar-refractivity contribution < 1.29 is 8.42 Å². The second-order valence-corrected chi connectivity index (χ2v) is 7.33. The van der Waals surface area contributed by atoms with Crippen LogP contribution in [-0.2, 0) is 10.0 Å². The quantitative estimate of drug-likeness (QED) is 0.695. The third-order valence-electron chi connectivity index (χ3n) is 3.10. The van der Waals surface area contributed by atoms with Crippen molar-refractivity contribution in [1.29, 1.82) is 0 Å². The minimum absolute atomic E-state index is 0.307. The molecule has 0 bridgehead atoms. The number of halogens is 1. The Bertz CT molecular complexity index is 309. The van der Waals surface area contributed by atoms with Gasteiger partial charge in [0.2, 0.25) is 10.0 Å². The third-order valence-corrected chi connectivity index (χ3v) is 5.41. The molecule has 1 fully saturated rings. The van der Waals surface area contributed by atoms with E-state index in [-0.39, 0.29) is 0 Å². The Morgan fingerprint density at radius 1 is 1.18 bits per heavy atom. The highest BCUT2D eigenvalue weighted by atomic mass is 79.9. The molecule has 0 aromatic carbocycles. The largest absolute Gasteiger partial charge is 0.301 e. The fourth-order valence-electron chi connectivity index (χ4n) is 2.02. The summed E-state index contributed by atoms with van der Waals surface area (Å²) in [6.45, 7) is 6.23. The molecule has 0 aromatic heterocycles. The molecule has 0 amide bonds. The van der Waals surface area contributed by atoms with E-state index in [0.717, 1.165) is 44.2 Å². The standard InChI is InChI=1S/C11H23BrN2O2S/c1-2-3-11-17(15,16)14-7-4-6-13(8-5-12)9-10-14/h2-11H2,1H3. The van der Waals surface area contributed by atoms with Crippen molar-refractivity contribution in [2.24, 2.45) is 0 Å². The van der Waals surface area contributed by atoms with Crippen molar-refractivity contribution in [2.75, 3.05) is 43.8 Å². The number of alkyl halides is 1. The van der Waals surface area contributed by atoms with E-state index in [1.807, 2.05) is 6.92 Å². The molecule has 1 heterocycles. The maximum absolute atomic E-state index is 12.1. The van der Waals surface area contributed by atoms with Crippen molar-refractivity contribution in [3.63, 3.8) is 0 Å². The number of sulfonamides is 1. The molecule has 6 heteroatoms. The Kier molecular flexibility index (Phi) is 6.99. The fourth-order valence-corrected chi connectivity index (χ4v) is 4.20. The van der Waals surface area contributed by atoms with Crippen LogP contribution in [0.2, 0.25) is 0 Å². The molecule has 17 heavy (non-hydrogen) atoms. The number of unbranched alkanes of at least 4 members (excludes halogenated alkanes) is 1. The van der Waals surface area contributed by atoms with Gasteiger partial charge in [-0.3, -0.25) is 0 Å². The monoisotopic (exact) mass is 326 g/mol. The van der Waals surface area contributed by atoms with E-state index in [2.05, 4.69) is 20.8 Å². The van der Waals surface area contributed by atoms with Gasteiger partial charge >= 0.3 is 0 Å². The summed E-state index contributed by atoms with van der Waals surface area (Å²) in [4.78, 5) is 2.32. The van der Waals surface area contributed by atoms with E-state index in [1.165, 1.54) is 0 Å². The lowest BCUT2D eigenvalue weighted by molar-refractivity contribution is 0.305. The summed E-state index contributed by atoms with van der Waals surface area (Å²) < 4.78 is 25.8. The molecule has 0 saturated carbocycles. The van der Waals surface area contributed by atoms with Crippen LogP contribution in [-0.4, -0.2) is 61.4 Å². The summed E-state index contributed by atoms with van der Waals surface area (Å²) in [6.07, 6.45) is 2.64.